The maximum Gasteiger partial charge on any atom is 0.421 e. The third-order valence-corrected chi connectivity index (χ3v) is 7.97. The Morgan fingerprint density at radius 1 is 0.900 bits per heavy atom. The number of aliphatic imine (C=N–C) groups is 1. The molecule has 1 aliphatic heterocycles. The fourth-order valence-corrected chi connectivity index (χ4v) is 5.38. The summed E-state index contributed by atoms with van der Waals surface area (Å²) in [5.74, 6) is -8.26. The molecule has 270 valence electrons. The molecule has 5 amide bonds. The molecule has 1 fully saturated rings. The van der Waals surface area contributed by atoms with Crippen molar-refractivity contribution in [2.75, 3.05) is 20.1 Å². The zero-order valence-corrected chi connectivity index (χ0v) is 27.0. The third-order valence-electron chi connectivity index (χ3n) is 7.97. The van der Waals surface area contributed by atoms with Crippen LogP contribution in [0.3, 0.4) is 0 Å². The van der Waals surface area contributed by atoms with Gasteiger partial charge in [0.15, 0.2) is 5.96 Å². The van der Waals surface area contributed by atoms with E-state index in [2.05, 4.69) is 26.3 Å². The van der Waals surface area contributed by atoms with Crippen LogP contribution in [0.2, 0.25) is 0 Å². The van der Waals surface area contributed by atoms with Gasteiger partial charge in [0.05, 0.1) is 13.0 Å². The summed E-state index contributed by atoms with van der Waals surface area (Å²) in [5, 5.41) is 18.3. The zero-order valence-electron chi connectivity index (χ0n) is 27.0. The van der Waals surface area contributed by atoms with Gasteiger partial charge in [-0.3, -0.25) is 33.8 Å². The lowest BCUT2D eigenvalue weighted by atomic mass is 9.85. The topological polar surface area (TPSA) is 238 Å². The number of carbonyl (C=O) groups excluding carboxylic acids is 5. The van der Waals surface area contributed by atoms with Crippen LogP contribution in [0.15, 0.2) is 65.7 Å². The van der Waals surface area contributed by atoms with Gasteiger partial charge in [0.2, 0.25) is 29.2 Å². The summed E-state index contributed by atoms with van der Waals surface area (Å²) in [6, 6.07) is 9.71. The van der Waals surface area contributed by atoms with Gasteiger partial charge in [-0.15, -0.1) is 0 Å². The molecule has 50 heavy (non-hydrogen) atoms. The Kier molecular flexibility index (Phi) is 13.3. The number of benzene rings is 2. The average Bonchev–Trinajstić information content (AvgIpc) is 3.05. The maximum atomic E-state index is 15.6. The van der Waals surface area contributed by atoms with Crippen LogP contribution in [0.5, 0.6) is 0 Å². The van der Waals surface area contributed by atoms with Gasteiger partial charge in [-0.2, -0.15) is 13.2 Å². The van der Waals surface area contributed by atoms with Gasteiger partial charge in [-0.05, 0) is 24.0 Å². The first-order valence-electron chi connectivity index (χ1n) is 15.4. The van der Waals surface area contributed by atoms with Crippen molar-refractivity contribution in [1.29, 1.82) is 0 Å². The number of amides is 5. The first-order valence-corrected chi connectivity index (χ1v) is 15.4. The van der Waals surface area contributed by atoms with Crippen molar-refractivity contribution in [3.8, 4) is 0 Å². The molecule has 15 nitrogen and oxygen atoms in total. The molecule has 3 rings (SSSR count). The molecule has 0 bridgehead atoms. The monoisotopic (exact) mass is 704 g/mol. The number of likely N-dealkylation sites (N-methyl/N-ethyl adjacent to an activating group) is 1. The summed E-state index contributed by atoms with van der Waals surface area (Å²) in [6.45, 7) is -0.912. The third kappa shape index (κ3) is 10.2. The van der Waals surface area contributed by atoms with E-state index in [4.69, 9.17) is 11.5 Å². The molecule has 9 N–H and O–H groups in total. The highest BCUT2D eigenvalue weighted by atomic mass is 19.4. The number of guanidine groups is 1. The number of alkyl halides is 3. The summed E-state index contributed by atoms with van der Waals surface area (Å²) in [6.07, 6.45) is -8.23. The molecule has 4 atom stereocenters. The quantitative estimate of drug-likeness (QED) is 0.0943. The molecule has 2 aromatic carbocycles. The molecular weight excluding hydrogens is 665 g/mol. The van der Waals surface area contributed by atoms with Gasteiger partial charge in [-0.1, -0.05) is 60.7 Å². The SMILES string of the molecule is CN1C(=O)[C@@H](Cc2ccccc2)NC(=O)[C@H](CC(=O)O)NC(=O)CNC(=O)[C@H](CCCN=C(N)N)NC(=O)[C@@]1(Cc1ccccc1)C(F)(F)F. The second-order valence-corrected chi connectivity index (χ2v) is 11.6. The highest BCUT2D eigenvalue weighted by Crippen LogP contribution is 2.39. The van der Waals surface area contributed by atoms with Crippen molar-refractivity contribution >= 4 is 41.5 Å². The molecular formula is C32H39F3N8O7. The minimum atomic E-state index is -5.48. The van der Waals surface area contributed by atoms with E-state index in [0.29, 0.717) is 5.56 Å². The summed E-state index contributed by atoms with van der Waals surface area (Å²) < 4.78 is 46.8. The predicted octanol–water partition coefficient (Wildman–Crippen LogP) is -0.656. The van der Waals surface area contributed by atoms with Gasteiger partial charge in [0, 0.05) is 26.4 Å². The minimum absolute atomic E-state index is 0.00580. The maximum absolute atomic E-state index is 15.6. The van der Waals surface area contributed by atoms with E-state index in [1.54, 1.807) is 36.4 Å². The van der Waals surface area contributed by atoms with Crippen LogP contribution in [0.4, 0.5) is 13.2 Å². The van der Waals surface area contributed by atoms with Crippen LogP contribution in [0.1, 0.15) is 30.4 Å². The van der Waals surface area contributed by atoms with Gasteiger partial charge in [-0.25, -0.2) is 0 Å². The highest BCUT2D eigenvalue weighted by Gasteiger charge is 2.65. The number of aliphatic carboxylic acids is 1. The number of nitrogens with one attached hydrogen (secondary N) is 4. The molecule has 1 aliphatic rings. The smallest absolute Gasteiger partial charge is 0.421 e. The molecule has 0 aliphatic carbocycles. The fourth-order valence-electron chi connectivity index (χ4n) is 5.38. The fraction of sp³-hybridized carbons (Fsp3) is 0.406. The van der Waals surface area contributed by atoms with E-state index < -0.39 is 84.7 Å². The molecule has 0 saturated carbocycles. The van der Waals surface area contributed by atoms with E-state index in [9.17, 15) is 33.9 Å². The Morgan fingerprint density at radius 3 is 2.06 bits per heavy atom. The standard InChI is InChI=1S/C32H39F3N8O7/c1-43-28(49)23(15-19-9-4-2-5-10-19)41-27(48)22(16-25(45)46)40-24(44)18-39-26(47)21(13-8-14-38-30(36)37)42-29(50)31(43,32(33,34)35)17-20-11-6-3-7-12-20/h2-7,9-12,21-23H,8,13-18H2,1H3,(H,39,47)(H,40,44)(H,41,48)(H,42,50)(H,45,46)(H4,36,37,38)/t21-,22-,23+,31-/m0/s1. The van der Waals surface area contributed by atoms with Crippen LogP contribution in [-0.4, -0.2) is 101 Å². The summed E-state index contributed by atoms with van der Waals surface area (Å²) in [7, 11) is 0.755. The number of hydrogen-bond acceptors (Lipinski definition) is 7. The Morgan fingerprint density at radius 2 is 1.50 bits per heavy atom. The Labute approximate surface area is 285 Å². The molecule has 2 aromatic rings. The zero-order chi connectivity index (χ0) is 37.1. The Balaban J connectivity index is 2.23. The second kappa shape index (κ2) is 17.1. The van der Waals surface area contributed by atoms with Crippen molar-refractivity contribution in [2.24, 2.45) is 16.5 Å². The van der Waals surface area contributed by atoms with Gasteiger partial charge < -0.3 is 42.7 Å². The van der Waals surface area contributed by atoms with E-state index in [0.717, 1.165) is 7.05 Å². The molecule has 0 unspecified atom stereocenters. The summed E-state index contributed by atoms with van der Waals surface area (Å²) in [5.41, 5.74) is 7.42. The lowest BCUT2D eigenvalue weighted by Crippen LogP contribution is -2.71. The lowest BCUT2D eigenvalue weighted by molar-refractivity contribution is -0.227. The van der Waals surface area contributed by atoms with Crippen molar-refractivity contribution in [3.05, 3.63) is 71.8 Å². The predicted molar refractivity (Wildman–Crippen MR) is 173 cm³/mol. The highest BCUT2D eigenvalue weighted by molar-refractivity contribution is 6.00. The van der Waals surface area contributed by atoms with Crippen LogP contribution in [-0.2, 0) is 41.6 Å². The van der Waals surface area contributed by atoms with Crippen LogP contribution >= 0.6 is 0 Å². The normalized spacial score (nSPS) is 22.6. The number of carboxylic acid groups (broad SMARTS) is 1. The number of nitrogens with two attached hydrogens (primary N) is 2. The van der Waals surface area contributed by atoms with Crippen molar-refractivity contribution in [1.82, 2.24) is 26.2 Å². The molecule has 18 heteroatoms. The number of nitrogens with zero attached hydrogens (tertiary/aromatic N) is 2. The van der Waals surface area contributed by atoms with E-state index in [1.165, 1.54) is 24.3 Å². The van der Waals surface area contributed by atoms with Crippen LogP contribution in [0, 0.1) is 0 Å². The summed E-state index contributed by atoms with van der Waals surface area (Å²) >= 11 is 0. The van der Waals surface area contributed by atoms with E-state index in [1.807, 2.05) is 0 Å². The van der Waals surface area contributed by atoms with Crippen molar-refractivity contribution in [3.63, 3.8) is 0 Å². The number of rotatable bonds is 10. The van der Waals surface area contributed by atoms with Crippen LogP contribution in [0.25, 0.3) is 0 Å². The Bertz CT molecular complexity index is 1570. The summed E-state index contributed by atoms with van der Waals surface area (Å²) in [4.78, 5) is 83.5. The minimum Gasteiger partial charge on any atom is -0.481 e. The largest absolute Gasteiger partial charge is 0.481 e. The first-order chi connectivity index (χ1) is 23.5. The van der Waals surface area contributed by atoms with Gasteiger partial charge >= 0.3 is 12.1 Å². The number of hydrogen-bond donors (Lipinski definition) is 7. The first kappa shape index (κ1) is 38.8. The number of carbonyl (C=O) groups is 6. The molecule has 0 radical (unpaired) electrons. The van der Waals surface area contributed by atoms with Crippen molar-refractivity contribution in [2.45, 2.75) is 61.9 Å². The van der Waals surface area contributed by atoms with Crippen molar-refractivity contribution < 1.29 is 47.0 Å². The molecule has 1 saturated heterocycles. The van der Waals surface area contributed by atoms with E-state index in [-0.39, 0.29) is 42.2 Å². The van der Waals surface area contributed by atoms with Crippen LogP contribution < -0.4 is 32.7 Å². The average molecular weight is 705 g/mol. The number of halogens is 3. The van der Waals surface area contributed by atoms with Gasteiger partial charge in [0.25, 0.3) is 5.91 Å². The molecule has 0 spiro atoms. The van der Waals surface area contributed by atoms with Gasteiger partial charge in [0.1, 0.15) is 18.1 Å². The molecule has 1 heterocycles. The molecule has 0 aromatic heterocycles. The second-order valence-electron chi connectivity index (χ2n) is 11.6. The lowest BCUT2D eigenvalue weighted by Gasteiger charge is -2.43. The van der Waals surface area contributed by atoms with E-state index >= 15 is 13.2 Å². The number of carboxylic acids is 1. The Hall–Kier alpha value is -5.68.